The molecule has 2 aromatic heterocycles. The third-order valence-corrected chi connectivity index (χ3v) is 3.36. The summed E-state index contributed by atoms with van der Waals surface area (Å²) in [6.45, 7) is 5.23. The first-order valence-corrected chi connectivity index (χ1v) is 7.33. The third-order valence-electron chi connectivity index (χ3n) is 3.36. The van der Waals surface area contributed by atoms with Crippen molar-refractivity contribution in [2.24, 2.45) is 5.92 Å². The Bertz CT molecular complexity index is 539. The molecule has 1 unspecified atom stereocenters. The third kappa shape index (κ3) is 4.37. The number of anilines is 2. The van der Waals surface area contributed by atoms with Crippen LogP contribution >= 0.6 is 0 Å². The van der Waals surface area contributed by atoms with Gasteiger partial charge in [-0.2, -0.15) is 24.7 Å². The predicted octanol–water partition coefficient (Wildman–Crippen LogP) is 1.66. The van der Waals surface area contributed by atoms with E-state index in [1.165, 1.54) is 36.6 Å². The lowest BCUT2D eigenvalue weighted by Gasteiger charge is -2.15. The summed E-state index contributed by atoms with van der Waals surface area (Å²) in [7, 11) is 0. The van der Waals surface area contributed by atoms with E-state index >= 15 is 0 Å². The standard InChI is InChI=1S/C13H22N8/c1-3-5-6-10(4-2)7-16-12-18-11(14)19-13(20-12)21-9-15-8-17-21/h8-10H,3-7H2,1-2H3,(H3,14,16,18,19,20). The molecule has 0 amide bonds. The monoisotopic (exact) mass is 290 g/mol. The fraction of sp³-hybridized carbons (Fsp3) is 0.615. The number of rotatable bonds is 8. The van der Waals surface area contributed by atoms with Gasteiger partial charge in [-0.3, -0.25) is 0 Å². The number of nitrogen functional groups attached to an aromatic ring is 1. The van der Waals surface area contributed by atoms with Crippen LogP contribution in [0.25, 0.3) is 5.95 Å². The average molecular weight is 290 g/mol. The average Bonchev–Trinajstić information content (AvgIpc) is 3.01. The van der Waals surface area contributed by atoms with Gasteiger partial charge in [-0.05, 0) is 12.3 Å². The first-order chi connectivity index (χ1) is 10.2. The lowest BCUT2D eigenvalue weighted by atomic mass is 9.99. The molecule has 8 nitrogen and oxygen atoms in total. The van der Waals surface area contributed by atoms with E-state index < -0.39 is 0 Å². The van der Waals surface area contributed by atoms with Crippen molar-refractivity contribution >= 4 is 11.9 Å². The Morgan fingerprint density at radius 2 is 2.14 bits per heavy atom. The molecule has 0 spiro atoms. The zero-order chi connectivity index (χ0) is 15.1. The maximum absolute atomic E-state index is 5.72. The Morgan fingerprint density at radius 3 is 2.81 bits per heavy atom. The van der Waals surface area contributed by atoms with Gasteiger partial charge < -0.3 is 11.1 Å². The molecule has 0 radical (unpaired) electrons. The second kappa shape index (κ2) is 7.51. The zero-order valence-corrected chi connectivity index (χ0v) is 12.5. The lowest BCUT2D eigenvalue weighted by molar-refractivity contribution is 0.471. The van der Waals surface area contributed by atoms with Gasteiger partial charge in [0.25, 0.3) is 5.95 Å². The number of aromatic nitrogens is 6. The highest BCUT2D eigenvalue weighted by Gasteiger charge is 2.10. The van der Waals surface area contributed by atoms with Crippen molar-refractivity contribution in [1.29, 1.82) is 0 Å². The van der Waals surface area contributed by atoms with Gasteiger partial charge in [-0.25, -0.2) is 4.98 Å². The Balaban J connectivity index is 2.03. The van der Waals surface area contributed by atoms with Crippen molar-refractivity contribution in [3.8, 4) is 5.95 Å². The molecule has 1 atom stereocenters. The van der Waals surface area contributed by atoms with Gasteiger partial charge in [0.2, 0.25) is 11.9 Å². The van der Waals surface area contributed by atoms with Crippen molar-refractivity contribution in [3.63, 3.8) is 0 Å². The van der Waals surface area contributed by atoms with Crippen molar-refractivity contribution in [3.05, 3.63) is 12.7 Å². The van der Waals surface area contributed by atoms with E-state index in [4.69, 9.17) is 5.73 Å². The topological polar surface area (TPSA) is 107 Å². The van der Waals surface area contributed by atoms with Crippen LogP contribution in [-0.2, 0) is 0 Å². The molecule has 0 aliphatic carbocycles. The second-order valence-electron chi connectivity index (χ2n) is 4.95. The molecule has 3 N–H and O–H groups in total. The van der Waals surface area contributed by atoms with E-state index in [1.54, 1.807) is 0 Å². The van der Waals surface area contributed by atoms with Gasteiger partial charge in [0.15, 0.2) is 0 Å². The van der Waals surface area contributed by atoms with E-state index in [0.717, 1.165) is 13.0 Å². The Kier molecular flexibility index (Phi) is 5.42. The van der Waals surface area contributed by atoms with Crippen LogP contribution in [0.4, 0.5) is 11.9 Å². The van der Waals surface area contributed by atoms with Crippen LogP contribution in [0.15, 0.2) is 12.7 Å². The molecule has 0 fully saturated rings. The lowest BCUT2D eigenvalue weighted by Crippen LogP contribution is -2.17. The maximum atomic E-state index is 5.72. The minimum atomic E-state index is 0.166. The number of hydrogen-bond donors (Lipinski definition) is 2. The summed E-state index contributed by atoms with van der Waals surface area (Å²) in [6.07, 6.45) is 7.73. The highest BCUT2D eigenvalue weighted by molar-refractivity contribution is 5.34. The molecule has 114 valence electrons. The summed E-state index contributed by atoms with van der Waals surface area (Å²) in [5.74, 6) is 1.62. The van der Waals surface area contributed by atoms with E-state index in [2.05, 4.69) is 44.2 Å². The molecule has 0 aromatic carbocycles. The summed E-state index contributed by atoms with van der Waals surface area (Å²) in [6, 6.07) is 0. The molecule has 0 aliphatic heterocycles. The number of nitrogens with zero attached hydrogens (tertiary/aromatic N) is 6. The summed E-state index contributed by atoms with van der Waals surface area (Å²) in [5.41, 5.74) is 5.72. The summed E-state index contributed by atoms with van der Waals surface area (Å²) in [5, 5.41) is 7.23. The van der Waals surface area contributed by atoms with Gasteiger partial charge in [0.1, 0.15) is 12.7 Å². The van der Waals surface area contributed by atoms with E-state index in [1.807, 2.05) is 0 Å². The first kappa shape index (κ1) is 15.1. The molecule has 0 aliphatic rings. The van der Waals surface area contributed by atoms with Gasteiger partial charge in [0, 0.05) is 6.54 Å². The fourth-order valence-corrected chi connectivity index (χ4v) is 2.05. The Labute approximate surface area is 124 Å². The zero-order valence-electron chi connectivity index (χ0n) is 12.5. The van der Waals surface area contributed by atoms with Crippen LogP contribution in [0.3, 0.4) is 0 Å². The van der Waals surface area contributed by atoms with E-state index in [0.29, 0.717) is 17.8 Å². The van der Waals surface area contributed by atoms with Crippen molar-refractivity contribution in [2.75, 3.05) is 17.6 Å². The quantitative estimate of drug-likeness (QED) is 0.761. The molecule has 21 heavy (non-hydrogen) atoms. The SMILES string of the molecule is CCCCC(CC)CNc1nc(N)nc(-n2cncn2)n1. The number of nitrogens with one attached hydrogen (secondary N) is 1. The molecule has 2 heterocycles. The molecule has 0 bridgehead atoms. The van der Waals surface area contributed by atoms with E-state index in [9.17, 15) is 0 Å². The predicted molar refractivity (Wildman–Crippen MR) is 81.0 cm³/mol. The normalized spacial score (nSPS) is 12.3. The highest BCUT2D eigenvalue weighted by atomic mass is 15.4. The maximum Gasteiger partial charge on any atom is 0.258 e. The summed E-state index contributed by atoms with van der Waals surface area (Å²) in [4.78, 5) is 16.3. The first-order valence-electron chi connectivity index (χ1n) is 7.33. The van der Waals surface area contributed by atoms with Crippen molar-refractivity contribution in [2.45, 2.75) is 39.5 Å². The van der Waals surface area contributed by atoms with Crippen LogP contribution in [0.2, 0.25) is 0 Å². The number of hydrogen-bond acceptors (Lipinski definition) is 7. The fourth-order valence-electron chi connectivity index (χ4n) is 2.05. The molecular weight excluding hydrogens is 268 g/mol. The molecular formula is C13H22N8. The minimum Gasteiger partial charge on any atom is -0.368 e. The Morgan fingerprint density at radius 1 is 1.29 bits per heavy atom. The number of nitrogens with two attached hydrogens (primary N) is 1. The van der Waals surface area contributed by atoms with Crippen molar-refractivity contribution < 1.29 is 0 Å². The van der Waals surface area contributed by atoms with Crippen molar-refractivity contribution in [1.82, 2.24) is 29.7 Å². The molecule has 2 rings (SSSR count). The van der Waals surface area contributed by atoms with Crippen LogP contribution in [0.1, 0.15) is 39.5 Å². The van der Waals surface area contributed by atoms with E-state index in [-0.39, 0.29) is 5.95 Å². The van der Waals surface area contributed by atoms with Gasteiger partial charge in [0.05, 0.1) is 0 Å². The van der Waals surface area contributed by atoms with Crippen LogP contribution in [-0.4, -0.2) is 36.3 Å². The summed E-state index contributed by atoms with van der Waals surface area (Å²) < 4.78 is 1.46. The smallest absolute Gasteiger partial charge is 0.258 e. The van der Waals surface area contributed by atoms with Crippen LogP contribution in [0.5, 0.6) is 0 Å². The van der Waals surface area contributed by atoms with Gasteiger partial charge >= 0.3 is 0 Å². The van der Waals surface area contributed by atoms with Gasteiger partial charge in [-0.1, -0.05) is 33.1 Å². The van der Waals surface area contributed by atoms with Crippen LogP contribution in [0, 0.1) is 5.92 Å². The van der Waals surface area contributed by atoms with Crippen LogP contribution < -0.4 is 11.1 Å². The van der Waals surface area contributed by atoms with Gasteiger partial charge in [-0.15, -0.1) is 0 Å². The Hall–Kier alpha value is -2.25. The minimum absolute atomic E-state index is 0.166. The number of unbranched alkanes of at least 4 members (excludes halogenated alkanes) is 1. The summed E-state index contributed by atoms with van der Waals surface area (Å²) >= 11 is 0. The largest absolute Gasteiger partial charge is 0.368 e. The highest BCUT2D eigenvalue weighted by Crippen LogP contribution is 2.13. The molecule has 0 saturated heterocycles. The molecule has 0 saturated carbocycles. The molecule has 8 heteroatoms. The second-order valence-corrected chi connectivity index (χ2v) is 4.95. The molecule has 2 aromatic rings.